The molecule has 1 atom stereocenters. The van der Waals surface area contributed by atoms with Crippen molar-refractivity contribution in [1.82, 2.24) is 9.97 Å². The van der Waals surface area contributed by atoms with Crippen LogP contribution >= 0.6 is 11.8 Å². The van der Waals surface area contributed by atoms with Crippen LogP contribution in [0.4, 0.5) is 0 Å². The molecule has 112 valence electrons. The third kappa shape index (κ3) is 4.18. The van der Waals surface area contributed by atoms with Crippen LogP contribution in [0.3, 0.4) is 0 Å². The molecule has 0 aliphatic rings. The van der Waals surface area contributed by atoms with Gasteiger partial charge in [0.15, 0.2) is 0 Å². The maximum absolute atomic E-state index is 11.4. The molecule has 6 heteroatoms. The monoisotopic (exact) mass is 298 g/mol. The Morgan fingerprint density at radius 1 is 1.40 bits per heavy atom. The second-order valence-corrected chi connectivity index (χ2v) is 6.41. The SMILES string of the molecule is CCC(C)(O)CSc1nc(C(C)C)nc(C)c1C(=O)O. The molecule has 0 fully saturated rings. The van der Waals surface area contributed by atoms with Gasteiger partial charge in [0.1, 0.15) is 16.4 Å². The van der Waals surface area contributed by atoms with Gasteiger partial charge >= 0.3 is 5.97 Å². The minimum absolute atomic E-state index is 0.127. The van der Waals surface area contributed by atoms with E-state index in [-0.39, 0.29) is 11.5 Å². The lowest BCUT2D eigenvalue weighted by Crippen LogP contribution is -2.26. The fraction of sp³-hybridized carbons (Fsp3) is 0.643. The van der Waals surface area contributed by atoms with Gasteiger partial charge in [-0.25, -0.2) is 14.8 Å². The number of aromatic nitrogens is 2. The van der Waals surface area contributed by atoms with E-state index in [1.165, 1.54) is 11.8 Å². The normalized spacial score (nSPS) is 14.3. The van der Waals surface area contributed by atoms with Gasteiger partial charge in [0, 0.05) is 11.7 Å². The summed E-state index contributed by atoms with van der Waals surface area (Å²) < 4.78 is 0. The number of thioether (sulfide) groups is 1. The molecular weight excluding hydrogens is 276 g/mol. The first-order valence-electron chi connectivity index (χ1n) is 6.65. The van der Waals surface area contributed by atoms with Crippen molar-refractivity contribution in [3.63, 3.8) is 0 Å². The molecule has 0 aliphatic carbocycles. The summed E-state index contributed by atoms with van der Waals surface area (Å²) in [5, 5.41) is 19.8. The summed E-state index contributed by atoms with van der Waals surface area (Å²) in [4.78, 5) is 20.0. The van der Waals surface area contributed by atoms with E-state index >= 15 is 0 Å². The van der Waals surface area contributed by atoms with E-state index in [0.29, 0.717) is 28.7 Å². The Balaban J connectivity index is 3.17. The first kappa shape index (κ1) is 16.9. The lowest BCUT2D eigenvalue weighted by Gasteiger charge is -2.21. The molecule has 0 saturated heterocycles. The highest BCUT2D eigenvalue weighted by molar-refractivity contribution is 7.99. The van der Waals surface area contributed by atoms with Crippen LogP contribution in [0, 0.1) is 6.92 Å². The average Bonchev–Trinajstić information content (AvgIpc) is 2.35. The summed E-state index contributed by atoms with van der Waals surface area (Å²) in [5.74, 6) is 0.128. The Morgan fingerprint density at radius 3 is 2.45 bits per heavy atom. The van der Waals surface area contributed by atoms with Crippen molar-refractivity contribution in [1.29, 1.82) is 0 Å². The van der Waals surface area contributed by atoms with Crippen molar-refractivity contribution >= 4 is 17.7 Å². The average molecular weight is 298 g/mol. The van der Waals surface area contributed by atoms with Crippen molar-refractivity contribution < 1.29 is 15.0 Å². The molecule has 0 spiro atoms. The van der Waals surface area contributed by atoms with Crippen molar-refractivity contribution in [3.05, 3.63) is 17.1 Å². The van der Waals surface area contributed by atoms with Crippen LogP contribution in [0.1, 0.15) is 61.9 Å². The minimum atomic E-state index is -1.03. The zero-order valence-electron chi connectivity index (χ0n) is 12.6. The third-order valence-electron chi connectivity index (χ3n) is 3.09. The largest absolute Gasteiger partial charge is 0.478 e. The maximum Gasteiger partial charge on any atom is 0.340 e. The van der Waals surface area contributed by atoms with Gasteiger partial charge in [0.05, 0.1) is 11.3 Å². The van der Waals surface area contributed by atoms with Gasteiger partial charge in [0.2, 0.25) is 0 Å². The van der Waals surface area contributed by atoms with Gasteiger partial charge in [-0.3, -0.25) is 0 Å². The molecule has 0 bridgehead atoms. The molecule has 0 aromatic carbocycles. The van der Waals surface area contributed by atoms with Crippen LogP contribution in [-0.2, 0) is 0 Å². The molecule has 1 rings (SSSR count). The van der Waals surface area contributed by atoms with Crippen molar-refractivity contribution in [2.45, 2.75) is 57.6 Å². The van der Waals surface area contributed by atoms with Gasteiger partial charge in [-0.2, -0.15) is 0 Å². The standard InChI is InChI=1S/C14H22N2O3S/c1-6-14(5,19)7-20-12-10(13(17)18)9(4)15-11(16-12)8(2)3/h8,19H,6-7H2,1-5H3,(H,17,18). The highest BCUT2D eigenvalue weighted by Gasteiger charge is 2.23. The summed E-state index contributed by atoms with van der Waals surface area (Å²) >= 11 is 1.27. The smallest absolute Gasteiger partial charge is 0.340 e. The Bertz CT molecular complexity index is 501. The lowest BCUT2D eigenvalue weighted by molar-refractivity contribution is 0.0688. The van der Waals surface area contributed by atoms with Crippen LogP contribution in [0.2, 0.25) is 0 Å². The molecule has 1 aromatic rings. The van der Waals surface area contributed by atoms with E-state index in [2.05, 4.69) is 9.97 Å². The predicted octanol–water partition coefficient (Wildman–Crippen LogP) is 2.86. The van der Waals surface area contributed by atoms with E-state index in [1.54, 1.807) is 13.8 Å². The van der Waals surface area contributed by atoms with E-state index in [9.17, 15) is 15.0 Å². The summed E-state index contributed by atoms with van der Waals surface area (Å²) in [6.45, 7) is 9.23. The van der Waals surface area contributed by atoms with Gasteiger partial charge in [0.25, 0.3) is 0 Å². The van der Waals surface area contributed by atoms with Gasteiger partial charge in [-0.05, 0) is 20.3 Å². The fourth-order valence-electron chi connectivity index (χ4n) is 1.50. The zero-order valence-corrected chi connectivity index (χ0v) is 13.4. The molecule has 1 aromatic heterocycles. The molecule has 0 aliphatic heterocycles. The quantitative estimate of drug-likeness (QED) is 0.620. The molecule has 5 nitrogen and oxygen atoms in total. The Morgan fingerprint density at radius 2 is 2.00 bits per heavy atom. The number of carboxylic acid groups (broad SMARTS) is 1. The summed E-state index contributed by atoms with van der Waals surface area (Å²) in [6.07, 6.45) is 0.601. The number of aromatic carboxylic acids is 1. The molecule has 0 amide bonds. The first-order valence-corrected chi connectivity index (χ1v) is 7.63. The number of hydrogen-bond donors (Lipinski definition) is 2. The van der Waals surface area contributed by atoms with E-state index in [1.807, 2.05) is 20.8 Å². The van der Waals surface area contributed by atoms with Gasteiger partial charge in [-0.1, -0.05) is 20.8 Å². The molecular formula is C14H22N2O3S. The summed E-state index contributed by atoms with van der Waals surface area (Å²) in [7, 11) is 0. The van der Waals surface area contributed by atoms with E-state index in [4.69, 9.17) is 0 Å². The molecule has 0 radical (unpaired) electrons. The van der Waals surface area contributed by atoms with Crippen molar-refractivity contribution in [3.8, 4) is 0 Å². The number of hydrogen-bond acceptors (Lipinski definition) is 5. The highest BCUT2D eigenvalue weighted by Crippen LogP contribution is 2.28. The van der Waals surface area contributed by atoms with Crippen LogP contribution in [-0.4, -0.2) is 37.5 Å². The molecule has 1 unspecified atom stereocenters. The van der Waals surface area contributed by atoms with Gasteiger partial charge in [-0.15, -0.1) is 11.8 Å². The Labute approximate surface area is 123 Å². The van der Waals surface area contributed by atoms with Crippen molar-refractivity contribution in [2.24, 2.45) is 0 Å². The van der Waals surface area contributed by atoms with E-state index < -0.39 is 11.6 Å². The minimum Gasteiger partial charge on any atom is -0.478 e. The third-order valence-corrected chi connectivity index (χ3v) is 4.42. The number of rotatable bonds is 6. The Kier molecular flexibility index (Phi) is 5.53. The second kappa shape index (κ2) is 6.54. The maximum atomic E-state index is 11.4. The fourth-order valence-corrected chi connectivity index (χ4v) is 2.69. The number of aliphatic hydroxyl groups is 1. The number of carboxylic acids is 1. The molecule has 2 N–H and O–H groups in total. The molecule has 1 heterocycles. The zero-order chi connectivity index (χ0) is 15.5. The van der Waals surface area contributed by atoms with Crippen LogP contribution in [0.5, 0.6) is 0 Å². The van der Waals surface area contributed by atoms with E-state index in [0.717, 1.165) is 0 Å². The molecule has 0 saturated carbocycles. The predicted molar refractivity (Wildman–Crippen MR) is 79.5 cm³/mol. The van der Waals surface area contributed by atoms with Gasteiger partial charge < -0.3 is 10.2 Å². The number of aryl methyl sites for hydroxylation is 1. The molecule has 20 heavy (non-hydrogen) atoms. The van der Waals surface area contributed by atoms with Crippen molar-refractivity contribution in [2.75, 3.05) is 5.75 Å². The van der Waals surface area contributed by atoms with Crippen LogP contribution in [0.15, 0.2) is 5.03 Å². The van der Waals surface area contributed by atoms with Crippen LogP contribution < -0.4 is 0 Å². The number of carbonyl (C=O) groups is 1. The first-order chi connectivity index (χ1) is 9.18. The second-order valence-electron chi connectivity index (χ2n) is 5.45. The summed E-state index contributed by atoms with van der Waals surface area (Å²) in [5.41, 5.74) is -0.238. The topological polar surface area (TPSA) is 83.3 Å². The number of nitrogens with zero attached hydrogens (tertiary/aromatic N) is 2. The Hall–Kier alpha value is -1.14. The summed E-state index contributed by atoms with van der Waals surface area (Å²) in [6, 6.07) is 0. The highest BCUT2D eigenvalue weighted by atomic mass is 32.2. The van der Waals surface area contributed by atoms with Crippen LogP contribution in [0.25, 0.3) is 0 Å². The lowest BCUT2D eigenvalue weighted by atomic mass is 10.1.